The van der Waals surface area contributed by atoms with E-state index in [4.69, 9.17) is 19.4 Å². The lowest BCUT2D eigenvalue weighted by atomic mass is 9.82. The minimum absolute atomic E-state index is 0.0401. The second-order valence-electron chi connectivity index (χ2n) is 17.5. The van der Waals surface area contributed by atoms with Crippen molar-refractivity contribution in [2.45, 2.75) is 12.0 Å². The fourth-order valence-corrected chi connectivity index (χ4v) is 10.3. The van der Waals surface area contributed by atoms with Crippen molar-refractivity contribution in [1.82, 2.24) is 15.0 Å². The molecular formula is C63H42N4O. The van der Waals surface area contributed by atoms with E-state index in [9.17, 15) is 0 Å². The summed E-state index contributed by atoms with van der Waals surface area (Å²) in [6.45, 7) is 0. The Balaban J connectivity index is 0.894. The van der Waals surface area contributed by atoms with Crippen LogP contribution in [0.1, 0.15) is 22.8 Å². The van der Waals surface area contributed by atoms with Crippen LogP contribution in [-0.4, -0.2) is 21.0 Å². The summed E-state index contributed by atoms with van der Waals surface area (Å²) in [4.78, 5) is 18.1. The summed E-state index contributed by atoms with van der Waals surface area (Å²) in [5.41, 5.74) is 17.5. The van der Waals surface area contributed by atoms with E-state index >= 15 is 0 Å². The highest BCUT2D eigenvalue weighted by atomic mass is 16.3. The van der Waals surface area contributed by atoms with Crippen molar-refractivity contribution in [3.05, 3.63) is 253 Å². The summed E-state index contributed by atoms with van der Waals surface area (Å²) in [6.07, 6.45) is 4.47. The Kier molecular flexibility index (Phi) is 9.57. The van der Waals surface area contributed by atoms with Gasteiger partial charge in [-0.1, -0.05) is 200 Å². The molecule has 2 aliphatic rings. The molecule has 1 aliphatic carbocycles. The second kappa shape index (κ2) is 16.5. The number of para-hydroxylation sites is 2. The first-order chi connectivity index (χ1) is 33.7. The van der Waals surface area contributed by atoms with Crippen molar-refractivity contribution >= 4 is 28.4 Å². The van der Waals surface area contributed by atoms with E-state index in [1.807, 2.05) is 12.1 Å². The first-order valence-electron chi connectivity index (χ1n) is 23.2. The van der Waals surface area contributed by atoms with Crippen LogP contribution in [0.25, 0.3) is 95.7 Å². The lowest BCUT2D eigenvalue weighted by Crippen LogP contribution is -2.30. The molecule has 11 aromatic rings. The summed E-state index contributed by atoms with van der Waals surface area (Å²) in [6, 6.07) is 81.4. The number of furan rings is 1. The molecule has 0 saturated carbocycles. The third-order valence-corrected chi connectivity index (χ3v) is 13.5. The van der Waals surface area contributed by atoms with Gasteiger partial charge in [0.2, 0.25) is 0 Å². The van der Waals surface area contributed by atoms with Gasteiger partial charge in [-0.25, -0.2) is 15.0 Å². The van der Waals surface area contributed by atoms with Gasteiger partial charge in [-0.15, -0.1) is 0 Å². The van der Waals surface area contributed by atoms with Crippen LogP contribution < -0.4 is 4.90 Å². The van der Waals surface area contributed by atoms with Gasteiger partial charge in [0.05, 0.1) is 11.6 Å². The molecule has 0 radical (unpaired) electrons. The van der Waals surface area contributed by atoms with Gasteiger partial charge < -0.3 is 9.32 Å². The van der Waals surface area contributed by atoms with Gasteiger partial charge >= 0.3 is 0 Å². The van der Waals surface area contributed by atoms with Crippen molar-refractivity contribution in [1.29, 1.82) is 0 Å². The molecule has 0 bridgehead atoms. The number of hydrogen-bond donors (Lipinski definition) is 0. The molecule has 2 unspecified atom stereocenters. The average Bonchev–Trinajstić information content (AvgIpc) is 3.98. The van der Waals surface area contributed by atoms with E-state index in [1.54, 1.807) is 0 Å². The van der Waals surface area contributed by atoms with Gasteiger partial charge in [-0.3, -0.25) is 0 Å². The van der Waals surface area contributed by atoms with Crippen molar-refractivity contribution in [3.63, 3.8) is 0 Å². The number of hydrogen-bond acceptors (Lipinski definition) is 5. The molecule has 68 heavy (non-hydrogen) atoms. The third-order valence-electron chi connectivity index (χ3n) is 13.5. The molecule has 5 nitrogen and oxygen atoms in total. The fourth-order valence-electron chi connectivity index (χ4n) is 10.3. The van der Waals surface area contributed by atoms with E-state index in [2.05, 4.69) is 235 Å². The van der Waals surface area contributed by atoms with Crippen LogP contribution in [0.2, 0.25) is 0 Å². The Labute approximate surface area is 395 Å². The van der Waals surface area contributed by atoms with E-state index in [-0.39, 0.29) is 12.0 Å². The SMILES string of the molecule is C1=CC2C(c3ccccc3N2c2ccc(-c3cccc(-c4ccccc4)c3)cc2)c2c1oc1c(-c3nc(-c4ccc(-c5ccccc5)cc4)nc(-c4cccc(-c5ccccc5)c4)n3)cccc21. The van der Waals surface area contributed by atoms with Gasteiger partial charge in [0, 0.05) is 39.4 Å². The molecule has 0 saturated heterocycles. The van der Waals surface area contributed by atoms with E-state index in [0.717, 1.165) is 61.4 Å². The number of nitrogens with zero attached hydrogens (tertiary/aromatic N) is 4. The van der Waals surface area contributed by atoms with E-state index in [0.29, 0.717) is 17.5 Å². The predicted molar refractivity (Wildman–Crippen MR) is 277 cm³/mol. The van der Waals surface area contributed by atoms with Crippen LogP contribution in [0.3, 0.4) is 0 Å². The number of anilines is 2. The summed E-state index contributed by atoms with van der Waals surface area (Å²) >= 11 is 0. The molecule has 0 amide bonds. The predicted octanol–water partition coefficient (Wildman–Crippen LogP) is 16.0. The fraction of sp³-hybridized carbons (Fsp3) is 0.0317. The Morgan fingerprint density at radius 1 is 0.382 bits per heavy atom. The van der Waals surface area contributed by atoms with Gasteiger partial charge in [-0.05, 0) is 92.5 Å². The number of aromatic nitrogens is 3. The Bertz CT molecular complexity index is 3680. The molecule has 9 aromatic carbocycles. The Morgan fingerprint density at radius 2 is 0.853 bits per heavy atom. The molecule has 13 rings (SSSR count). The summed E-state index contributed by atoms with van der Waals surface area (Å²) in [5.74, 6) is 2.65. The lowest BCUT2D eigenvalue weighted by Gasteiger charge is -2.30. The maximum atomic E-state index is 6.97. The minimum atomic E-state index is 0.0401. The quantitative estimate of drug-likeness (QED) is 0.152. The smallest absolute Gasteiger partial charge is 0.167 e. The van der Waals surface area contributed by atoms with Crippen molar-refractivity contribution in [2.24, 2.45) is 0 Å². The Hall–Kier alpha value is -8.93. The van der Waals surface area contributed by atoms with Gasteiger partial charge in [0.15, 0.2) is 17.5 Å². The van der Waals surface area contributed by atoms with Crippen molar-refractivity contribution < 1.29 is 4.42 Å². The molecule has 1 aliphatic heterocycles. The number of benzene rings is 9. The van der Waals surface area contributed by atoms with Gasteiger partial charge in [0.1, 0.15) is 11.3 Å². The zero-order valence-electron chi connectivity index (χ0n) is 36.9. The number of rotatable bonds is 8. The monoisotopic (exact) mass is 870 g/mol. The topological polar surface area (TPSA) is 55.1 Å². The molecule has 0 fully saturated rings. The average molecular weight is 871 g/mol. The first-order valence-corrected chi connectivity index (χ1v) is 23.2. The number of fused-ring (bicyclic) bond motifs is 7. The second-order valence-corrected chi connectivity index (χ2v) is 17.5. The zero-order chi connectivity index (χ0) is 45.0. The molecule has 3 heterocycles. The summed E-state index contributed by atoms with van der Waals surface area (Å²) < 4.78 is 6.97. The minimum Gasteiger partial charge on any atom is -0.456 e. The summed E-state index contributed by atoms with van der Waals surface area (Å²) in [7, 11) is 0. The molecule has 0 N–H and O–H groups in total. The van der Waals surface area contributed by atoms with E-state index < -0.39 is 0 Å². The Morgan fingerprint density at radius 3 is 1.51 bits per heavy atom. The summed E-state index contributed by atoms with van der Waals surface area (Å²) in [5, 5.41) is 1.06. The van der Waals surface area contributed by atoms with Gasteiger partial charge in [-0.2, -0.15) is 0 Å². The normalized spacial score (nSPS) is 14.7. The molecule has 0 spiro atoms. The van der Waals surface area contributed by atoms with Crippen LogP contribution in [0.5, 0.6) is 0 Å². The van der Waals surface area contributed by atoms with Crippen LogP contribution in [0.4, 0.5) is 11.4 Å². The molecule has 320 valence electrons. The van der Waals surface area contributed by atoms with Gasteiger partial charge in [0.25, 0.3) is 0 Å². The maximum Gasteiger partial charge on any atom is 0.167 e. The van der Waals surface area contributed by atoms with E-state index in [1.165, 1.54) is 39.1 Å². The zero-order valence-corrected chi connectivity index (χ0v) is 36.9. The standard InChI is InChI=1S/C63H42N4O/c1-4-15-41(16-5-1)44-29-31-46(32-30-44)61-64-62(50-24-13-23-49(40-50)43-19-8-3-9-20-43)66-63(65-61)54-27-14-26-53-59-57(68-60(53)54)38-37-56-58(59)52-25-10-11-28-55(52)67(56)51-35-33-45(34-36-51)48-22-12-21-47(39-48)42-17-6-2-7-18-42/h1-40,56,58H. The van der Waals surface area contributed by atoms with Crippen LogP contribution >= 0.6 is 0 Å². The third kappa shape index (κ3) is 6.92. The lowest BCUT2D eigenvalue weighted by molar-refractivity contribution is 0.584. The molecular weight excluding hydrogens is 829 g/mol. The van der Waals surface area contributed by atoms with Crippen LogP contribution in [0.15, 0.2) is 241 Å². The highest BCUT2D eigenvalue weighted by molar-refractivity contribution is 5.98. The molecule has 2 aromatic heterocycles. The maximum absolute atomic E-state index is 6.97. The first kappa shape index (κ1) is 39.4. The van der Waals surface area contributed by atoms with Crippen molar-refractivity contribution in [2.75, 3.05) is 4.90 Å². The van der Waals surface area contributed by atoms with Crippen LogP contribution in [-0.2, 0) is 0 Å². The molecule has 2 atom stereocenters. The van der Waals surface area contributed by atoms with Crippen molar-refractivity contribution in [3.8, 4) is 78.7 Å². The highest BCUT2D eigenvalue weighted by Crippen LogP contribution is 2.54. The van der Waals surface area contributed by atoms with Crippen LogP contribution in [0, 0.1) is 0 Å². The molecule has 5 heteroatoms. The largest absolute Gasteiger partial charge is 0.456 e. The highest BCUT2D eigenvalue weighted by Gasteiger charge is 2.43.